The van der Waals surface area contributed by atoms with Gasteiger partial charge in [-0.15, -0.1) is 11.6 Å². The zero-order valence-electron chi connectivity index (χ0n) is 9.56. The Bertz CT molecular complexity index is 512. The lowest BCUT2D eigenvalue weighted by Crippen LogP contribution is -2.13. The topological polar surface area (TPSA) is 72.5 Å². The van der Waals surface area contributed by atoms with Crippen LogP contribution in [0.15, 0.2) is 34.2 Å². The van der Waals surface area contributed by atoms with E-state index in [-0.39, 0.29) is 22.4 Å². The molecule has 0 aliphatic heterocycles. The summed E-state index contributed by atoms with van der Waals surface area (Å²) in [6.07, 6.45) is 0.561. The standard InChI is InChI=1S/C11H15ClN2O2S/c1-2-7-17(15,16)10-6-4-3-5-9(10)14-11(13)8-12/h3-6H,2,7-8H2,1H3,(H2,13,14). The van der Waals surface area contributed by atoms with Gasteiger partial charge < -0.3 is 5.73 Å². The minimum absolute atomic E-state index is 0.0716. The van der Waals surface area contributed by atoms with Crippen molar-refractivity contribution in [1.82, 2.24) is 0 Å². The molecule has 0 bridgehead atoms. The molecule has 0 radical (unpaired) electrons. The minimum atomic E-state index is -3.30. The lowest BCUT2D eigenvalue weighted by Gasteiger charge is -2.06. The molecule has 0 amide bonds. The summed E-state index contributed by atoms with van der Waals surface area (Å²) in [4.78, 5) is 4.21. The van der Waals surface area contributed by atoms with Crippen LogP contribution in [0.25, 0.3) is 0 Å². The second-order valence-corrected chi connectivity index (χ2v) is 5.87. The highest BCUT2D eigenvalue weighted by molar-refractivity contribution is 7.91. The van der Waals surface area contributed by atoms with Crippen LogP contribution in [0.3, 0.4) is 0 Å². The quantitative estimate of drug-likeness (QED) is 0.508. The van der Waals surface area contributed by atoms with Gasteiger partial charge in [0.15, 0.2) is 9.84 Å². The number of halogens is 1. The molecule has 2 N–H and O–H groups in total. The number of rotatable bonds is 5. The molecule has 17 heavy (non-hydrogen) atoms. The predicted molar refractivity (Wildman–Crippen MR) is 70.8 cm³/mol. The van der Waals surface area contributed by atoms with Gasteiger partial charge in [-0.3, -0.25) is 0 Å². The van der Waals surface area contributed by atoms with Crippen LogP contribution in [-0.4, -0.2) is 25.9 Å². The van der Waals surface area contributed by atoms with Gasteiger partial charge in [-0.25, -0.2) is 13.4 Å². The first-order valence-corrected chi connectivity index (χ1v) is 7.40. The van der Waals surface area contributed by atoms with E-state index in [4.69, 9.17) is 17.3 Å². The summed E-state index contributed by atoms with van der Waals surface area (Å²) in [6.45, 7) is 1.82. The van der Waals surface area contributed by atoms with E-state index < -0.39 is 9.84 Å². The van der Waals surface area contributed by atoms with Gasteiger partial charge in [0.05, 0.1) is 22.2 Å². The third-order valence-electron chi connectivity index (χ3n) is 2.07. The monoisotopic (exact) mass is 274 g/mol. The van der Waals surface area contributed by atoms with Crippen LogP contribution in [0.1, 0.15) is 13.3 Å². The SMILES string of the molecule is CCCS(=O)(=O)c1ccccc1N=C(N)CCl. The van der Waals surface area contributed by atoms with Crippen molar-refractivity contribution in [3.8, 4) is 0 Å². The summed E-state index contributed by atoms with van der Waals surface area (Å²) in [7, 11) is -3.30. The van der Waals surface area contributed by atoms with Crippen molar-refractivity contribution in [1.29, 1.82) is 0 Å². The number of sulfone groups is 1. The van der Waals surface area contributed by atoms with Crippen LogP contribution in [0, 0.1) is 0 Å². The van der Waals surface area contributed by atoms with E-state index in [1.807, 2.05) is 6.92 Å². The molecule has 6 heteroatoms. The first kappa shape index (κ1) is 14.0. The molecule has 0 atom stereocenters. The highest BCUT2D eigenvalue weighted by Gasteiger charge is 2.17. The Labute approximate surface area is 106 Å². The lowest BCUT2D eigenvalue weighted by molar-refractivity contribution is 0.595. The molecule has 1 aromatic rings. The lowest BCUT2D eigenvalue weighted by atomic mass is 10.3. The van der Waals surface area contributed by atoms with Crippen LogP contribution >= 0.6 is 11.6 Å². The van der Waals surface area contributed by atoms with Crippen LogP contribution in [0.4, 0.5) is 5.69 Å². The van der Waals surface area contributed by atoms with E-state index in [1.165, 1.54) is 6.07 Å². The molecule has 1 aromatic carbocycles. The summed E-state index contributed by atoms with van der Waals surface area (Å²) in [5.41, 5.74) is 5.86. The normalized spacial score (nSPS) is 12.7. The number of benzene rings is 1. The first-order chi connectivity index (χ1) is 8.01. The Balaban J connectivity index is 3.26. The van der Waals surface area contributed by atoms with Gasteiger partial charge in [0.2, 0.25) is 0 Å². The van der Waals surface area contributed by atoms with Gasteiger partial charge in [-0.05, 0) is 18.6 Å². The molecule has 0 aromatic heterocycles. The predicted octanol–water partition coefficient (Wildman–Crippen LogP) is 2.10. The van der Waals surface area contributed by atoms with Crippen molar-refractivity contribution < 1.29 is 8.42 Å². The van der Waals surface area contributed by atoms with Gasteiger partial charge in [0.25, 0.3) is 0 Å². The van der Waals surface area contributed by atoms with Crippen molar-refractivity contribution >= 4 is 33.0 Å². The van der Waals surface area contributed by atoms with Crippen LogP contribution < -0.4 is 5.73 Å². The summed E-state index contributed by atoms with van der Waals surface area (Å²) < 4.78 is 24.0. The zero-order valence-corrected chi connectivity index (χ0v) is 11.1. The molecule has 0 heterocycles. The highest BCUT2D eigenvalue weighted by atomic mass is 35.5. The first-order valence-electron chi connectivity index (χ1n) is 5.22. The molecular weight excluding hydrogens is 260 g/mol. The maximum Gasteiger partial charge on any atom is 0.180 e. The van der Waals surface area contributed by atoms with E-state index in [9.17, 15) is 8.42 Å². The number of aliphatic imine (C=N–C) groups is 1. The molecular formula is C11H15ClN2O2S. The molecule has 0 aliphatic carbocycles. The Morgan fingerprint density at radius 3 is 2.65 bits per heavy atom. The fourth-order valence-corrected chi connectivity index (χ4v) is 2.91. The summed E-state index contributed by atoms with van der Waals surface area (Å²) in [5, 5.41) is 0. The average molecular weight is 275 g/mol. The van der Waals surface area contributed by atoms with Crippen molar-refractivity contribution in [2.75, 3.05) is 11.6 Å². The Hall–Kier alpha value is -1.07. The van der Waals surface area contributed by atoms with Crippen LogP contribution in [-0.2, 0) is 9.84 Å². The Kier molecular flexibility index (Phi) is 4.96. The largest absolute Gasteiger partial charge is 0.386 e. The van der Waals surface area contributed by atoms with Gasteiger partial charge in [-0.1, -0.05) is 19.1 Å². The summed E-state index contributed by atoms with van der Waals surface area (Å²) in [6, 6.07) is 6.52. The third kappa shape index (κ3) is 3.71. The number of nitrogens with zero attached hydrogens (tertiary/aromatic N) is 1. The van der Waals surface area contributed by atoms with Crippen molar-refractivity contribution in [3.63, 3.8) is 0 Å². The summed E-state index contributed by atoms with van der Waals surface area (Å²) >= 11 is 5.52. The van der Waals surface area contributed by atoms with E-state index in [0.29, 0.717) is 12.1 Å². The van der Waals surface area contributed by atoms with Crippen LogP contribution in [0.5, 0.6) is 0 Å². The number of nitrogens with two attached hydrogens (primary N) is 1. The fraction of sp³-hybridized carbons (Fsp3) is 0.364. The Morgan fingerprint density at radius 1 is 1.41 bits per heavy atom. The molecule has 0 unspecified atom stereocenters. The second kappa shape index (κ2) is 6.02. The molecule has 0 saturated carbocycles. The molecule has 94 valence electrons. The van der Waals surface area contributed by atoms with E-state index in [0.717, 1.165) is 0 Å². The van der Waals surface area contributed by atoms with Crippen molar-refractivity contribution in [3.05, 3.63) is 24.3 Å². The number of hydrogen-bond donors (Lipinski definition) is 1. The Morgan fingerprint density at radius 2 is 2.06 bits per heavy atom. The fourth-order valence-electron chi connectivity index (χ4n) is 1.38. The molecule has 0 saturated heterocycles. The molecule has 0 aliphatic rings. The van der Waals surface area contributed by atoms with Crippen LogP contribution in [0.2, 0.25) is 0 Å². The third-order valence-corrected chi connectivity index (χ3v) is 4.31. The van der Waals surface area contributed by atoms with E-state index in [2.05, 4.69) is 4.99 Å². The number of para-hydroxylation sites is 1. The molecule has 0 spiro atoms. The van der Waals surface area contributed by atoms with Crippen molar-refractivity contribution in [2.45, 2.75) is 18.2 Å². The summed E-state index contributed by atoms with van der Waals surface area (Å²) in [5.74, 6) is 0.369. The van der Waals surface area contributed by atoms with E-state index in [1.54, 1.807) is 18.2 Å². The molecule has 4 nitrogen and oxygen atoms in total. The zero-order chi connectivity index (χ0) is 12.9. The minimum Gasteiger partial charge on any atom is -0.386 e. The number of alkyl halides is 1. The van der Waals surface area contributed by atoms with Gasteiger partial charge in [-0.2, -0.15) is 0 Å². The van der Waals surface area contributed by atoms with Gasteiger partial charge in [0, 0.05) is 0 Å². The molecule has 1 rings (SSSR count). The van der Waals surface area contributed by atoms with Crippen molar-refractivity contribution in [2.24, 2.45) is 10.7 Å². The maximum absolute atomic E-state index is 12.0. The number of amidine groups is 1. The maximum atomic E-state index is 12.0. The smallest absolute Gasteiger partial charge is 0.180 e. The number of hydrogen-bond acceptors (Lipinski definition) is 3. The highest BCUT2D eigenvalue weighted by Crippen LogP contribution is 2.25. The van der Waals surface area contributed by atoms with Gasteiger partial charge >= 0.3 is 0 Å². The van der Waals surface area contributed by atoms with Gasteiger partial charge in [0.1, 0.15) is 5.84 Å². The second-order valence-electron chi connectivity index (χ2n) is 3.52. The molecule has 0 fully saturated rings. The average Bonchev–Trinajstić information content (AvgIpc) is 2.29. The van der Waals surface area contributed by atoms with E-state index >= 15 is 0 Å².